The molecule has 2 aromatic carbocycles. The maximum Gasteiger partial charge on any atom is 0.129 e. The van der Waals surface area contributed by atoms with Gasteiger partial charge in [0.1, 0.15) is 5.82 Å². The van der Waals surface area contributed by atoms with Gasteiger partial charge in [-0.15, -0.1) is 0 Å². The summed E-state index contributed by atoms with van der Waals surface area (Å²) in [7, 11) is 0. The van der Waals surface area contributed by atoms with E-state index in [0.717, 1.165) is 31.1 Å². The van der Waals surface area contributed by atoms with Gasteiger partial charge in [0, 0.05) is 19.0 Å². The van der Waals surface area contributed by atoms with Gasteiger partial charge < -0.3 is 5.32 Å². The van der Waals surface area contributed by atoms with Crippen LogP contribution in [0.25, 0.3) is 0 Å². The van der Waals surface area contributed by atoms with Gasteiger partial charge in [0.05, 0.1) is 6.04 Å². The molecule has 21 heavy (non-hydrogen) atoms. The van der Waals surface area contributed by atoms with E-state index in [1.54, 1.807) is 0 Å². The van der Waals surface area contributed by atoms with Crippen LogP contribution < -0.4 is 5.32 Å². The second-order valence-electron chi connectivity index (χ2n) is 4.78. The van der Waals surface area contributed by atoms with Crippen LogP contribution in [-0.2, 0) is 0 Å². The summed E-state index contributed by atoms with van der Waals surface area (Å²) in [5.41, 5.74) is 2.78. The predicted molar refractivity (Wildman–Crippen MR) is 96.2 cm³/mol. The fourth-order valence-corrected chi connectivity index (χ4v) is 3.59. The van der Waals surface area contributed by atoms with Crippen LogP contribution >= 0.6 is 47.8 Å². The smallest absolute Gasteiger partial charge is 0.129 e. The highest BCUT2D eigenvalue weighted by molar-refractivity contribution is 9.11. The number of hydrogen-bond acceptors (Lipinski definition) is 1. The van der Waals surface area contributed by atoms with Crippen molar-refractivity contribution in [3.05, 3.63) is 66.3 Å². The van der Waals surface area contributed by atoms with Crippen molar-refractivity contribution < 1.29 is 4.39 Å². The van der Waals surface area contributed by atoms with Crippen molar-refractivity contribution in [2.75, 3.05) is 6.54 Å². The van der Waals surface area contributed by atoms with Crippen LogP contribution in [0.2, 0.25) is 0 Å². The Labute approximate surface area is 149 Å². The molecule has 0 heterocycles. The summed E-state index contributed by atoms with van der Waals surface area (Å²) in [5.74, 6) is -0.223. The Morgan fingerprint density at radius 3 is 2.38 bits per heavy atom. The molecule has 0 radical (unpaired) electrons. The molecule has 0 aromatic heterocycles. The summed E-state index contributed by atoms with van der Waals surface area (Å²) < 4.78 is 17.0. The van der Waals surface area contributed by atoms with Gasteiger partial charge in [-0.2, -0.15) is 0 Å². The molecular weight excluding hydrogens is 465 g/mol. The number of rotatable bonds is 4. The van der Waals surface area contributed by atoms with Crippen LogP contribution in [0.15, 0.2) is 43.7 Å². The third-order valence-electron chi connectivity index (χ3n) is 3.27. The highest BCUT2D eigenvalue weighted by Crippen LogP contribution is 2.34. The van der Waals surface area contributed by atoms with E-state index < -0.39 is 0 Å². The number of nitrogens with one attached hydrogen (secondary N) is 1. The number of benzene rings is 2. The first-order valence-electron chi connectivity index (χ1n) is 6.58. The van der Waals surface area contributed by atoms with Gasteiger partial charge in [0.15, 0.2) is 0 Å². The highest BCUT2D eigenvalue weighted by atomic mass is 79.9. The Hall–Kier alpha value is -0.230. The zero-order valence-electron chi connectivity index (χ0n) is 11.7. The fourth-order valence-electron chi connectivity index (χ4n) is 2.21. The molecule has 0 saturated carbocycles. The minimum Gasteiger partial charge on any atom is -0.306 e. The van der Waals surface area contributed by atoms with Crippen LogP contribution in [0, 0.1) is 12.7 Å². The van der Waals surface area contributed by atoms with Crippen LogP contribution in [0.5, 0.6) is 0 Å². The maximum atomic E-state index is 14.3. The van der Waals surface area contributed by atoms with Gasteiger partial charge in [0.25, 0.3) is 0 Å². The monoisotopic (exact) mass is 477 g/mol. The van der Waals surface area contributed by atoms with E-state index in [0.29, 0.717) is 5.56 Å². The summed E-state index contributed by atoms with van der Waals surface area (Å²) in [6, 6.07) is 9.05. The number of halogens is 4. The topological polar surface area (TPSA) is 12.0 Å². The van der Waals surface area contributed by atoms with E-state index in [-0.39, 0.29) is 11.9 Å². The highest BCUT2D eigenvalue weighted by Gasteiger charge is 2.20. The molecule has 1 N–H and O–H groups in total. The molecule has 0 amide bonds. The first-order chi connectivity index (χ1) is 9.93. The van der Waals surface area contributed by atoms with Gasteiger partial charge in [-0.25, -0.2) is 4.39 Å². The van der Waals surface area contributed by atoms with Crippen molar-refractivity contribution in [1.29, 1.82) is 0 Å². The van der Waals surface area contributed by atoms with Crippen molar-refractivity contribution in [3.8, 4) is 0 Å². The molecule has 1 atom stereocenters. The Balaban J connectivity index is 2.55. The van der Waals surface area contributed by atoms with E-state index >= 15 is 0 Å². The Morgan fingerprint density at radius 1 is 1.05 bits per heavy atom. The van der Waals surface area contributed by atoms with Crippen molar-refractivity contribution in [2.24, 2.45) is 0 Å². The first-order valence-corrected chi connectivity index (χ1v) is 8.95. The predicted octanol–water partition coefficient (Wildman–Crippen LogP) is 6.12. The van der Waals surface area contributed by atoms with E-state index in [1.165, 1.54) is 6.07 Å². The molecule has 0 aliphatic heterocycles. The molecule has 0 spiro atoms. The minimum absolute atomic E-state index is 0.200. The van der Waals surface area contributed by atoms with Crippen LogP contribution in [0.4, 0.5) is 4.39 Å². The van der Waals surface area contributed by atoms with Gasteiger partial charge >= 0.3 is 0 Å². The number of hydrogen-bond donors (Lipinski definition) is 1. The molecule has 5 heteroatoms. The van der Waals surface area contributed by atoms with Crippen molar-refractivity contribution in [3.63, 3.8) is 0 Å². The van der Waals surface area contributed by atoms with Gasteiger partial charge in [-0.05, 0) is 48.9 Å². The Kier molecular flexibility index (Phi) is 6.00. The van der Waals surface area contributed by atoms with Crippen LogP contribution in [0.3, 0.4) is 0 Å². The largest absolute Gasteiger partial charge is 0.306 e. The zero-order chi connectivity index (χ0) is 15.6. The normalized spacial score (nSPS) is 12.5. The molecule has 0 aliphatic rings. The van der Waals surface area contributed by atoms with Crippen molar-refractivity contribution in [2.45, 2.75) is 19.9 Å². The second-order valence-corrected chi connectivity index (χ2v) is 7.40. The lowest BCUT2D eigenvalue weighted by Crippen LogP contribution is -2.23. The molecule has 2 aromatic rings. The molecule has 112 valence electrons. The SMILES string of the molecule is CCNC(c1ccc(Br)cc1F)c1cc(Br)c(C)cc1Br. The standard InChI is InChI=1S/C16H15Br3FN/c1-3-21-16(11-5-4-10(17)7-15(11)20)12-8-13(18)9(2)6-14(12)19/h4-8,16,21H,3H2,1-2H3. The van der Waals surface area contributed by atoms with E-state index in [4.69, 9.17) is 0 Å². The van der Waals surface area contributed by atoms with E-state index in [1.807, 2.05) is 38.1 Å². The van der Waals surface area contributed by atoms with Gasteiger partial charge in [-0.3, -0.25) is 0 Å². The fraction of sp³-hybridized carbons (Fsp3) is 0.250. The molecule has 2 rings (SSSR count). The summed E-state index contributed by atoms with van der Waals surface area (Å²) in [6.45, 7) is 4.79. The Morgan fingerprint density at radius 2 is 1.76 bits per heavy atom. The lowest BCUT2D eigenvalue weighted by atomic mass is 9.97. The second kappa shape index (κ2) is 7.36. The maximum absolute atomic E-state index is 14.3. The van der Waals surface area contributed by atoms with Gasteiger partial charge in [-0.1, -0.05) is 60.8 Å². The molecule has 1 unspecified atom stereocenters. The molecule has 0 aliphatic carbocycles. The molecule has 0 saturated heterocycles. The average Bonchev–Trinajstić information content (AvgIpc) is 2.41. The Bertz CT molecular complexity index is 658. The third-order valence-corrected chi connectivity index (χ3v) is 5.31. The van der Waals surface area contributed by atoms with Crippen LogP contribution in [-0.4, -0.2) is 6.54 Å². The van der Waals surface area contributed by atoms with Crippen molar-refractivity contribution in [1.82, 2.24) is 5.32 Å². The van der Waals surface area contributed by atoms with E-state index in [9.17, 15) is 4.39 Å². The van der Waals surface area contributed by atoms with E-state index in [2.05, 4.69) is 53.1 Å². The number of aryl methyl sites for hydroxylation is 1. The molecule has 0 bridgehead atoms. The molecule has 1 nitrogen and oxygen atoms in total. The summed E-state index contributed by atoms with van der Waals surface area (Å²) in [4.78, 5) is 0. The molecular formula is C16H15Br3FN. The lowest BCUT2D eigenvalue weighted by molar-refractivity contribution is 0.557. The van der Waals surface area contributed by atoms with Gasteiger partial charge in [0.2, 0.25) is 0 Å². The summed E-state index contributed by atoms with van der Waals surface area (Å²) >= 11 is 10.4. The van der Waals surface area contributed by atoms with Crippen molar-refractivity contribution >= 4 is 47.8 Å². The first kappa shape index (κ1) is 17.1. The average molecular weight is 480 g/mol. The minimum atomic E-state index is -0.223. The zero-order valence-corrected chi connectivity index (χ0v) is 16.4. The summed E-state index contributed by atoms with van der Waals surface area (Å²) in [6.07, 6.45) is 0. The van der Waals surface area contributed by atoms with Crippen LogP contribution in [0.1, 0.15) is 29.7 Å². The lowest BCUT2D eigenvalue weighted by Gasteiger charge is -2.22. The third kappa shape index (κ3) is 3.95. The summed E-state index contributed by atoms with van der Waals surface area (Å²) in [5, 5.41) is 3.36. The quantitative estimate of drug-likeness (QED) is 0.557. The molecule has 0 fully saturated rings.